The minimum Gasteiger partial charge on any atom is -0.478 e. The van der Waals surface area contributed by atoms with Gasteiger partial charge in [-0.25, -0.2) is 22.9 Å². The summed E-state index contributed by atoms with van der Waals surface area (Å²) in [6, 6.07) is 13.1. The van der Waals surface area contributed by atoms with Crippen LogP contribution in [-0.4, -0.2) is 39.2 Å². The quantitative estimate of drug-likeness (QED) is 0.383. The van der Waals surface area contributed by atoms with Crippen molar-refractivity contribution in [2.75, 3.05) is 0 Å². The van der Waals surface area contributed by atoms with E-state index in [0.717, 1.165) is 12.8 Å². The third-order valence-electron chi connectivity index (χ3n) is 6.04. The number of sulfone groups is 1. The molecular weight excluding hydrogens is 488 g/mol. The molecule has 1 aliphatic carbocycles. The number of carboxylic acid groups (broad SMARTS) is 1. The van der Waals surface area contributed by atoms with Gasteiger partial charge in [0.25, 0.3) is 0 Å². The Morgan fingerprint density at radius 3 is 2.54 bits per heavy atom. The Kier molecular flexibility index (Phi) is 5.90. The van der Waals surface area contributed by atoms with Crippen molar-refractivity contribution in [3.63, 3.8) is 0 Å². The predicted molar refractivity (Wildman–Crippen MR) is 131 cm³/mol. The molecule has 8 nitrogen and oxygen atoms in total. The molecule has 2 heterocycles. The molecule has 1 N–H and O–H groups in total. The topological polar surface area (TPSA) is 115 Å². The highest BCUT2D eigenvalue weighted by Gasteiger charge is 2.32. The number of aromatic carboxylic acids is 1. The Morgan fingerprint density at radius 2 is 1.91 bits per heavy atom. The first-order chi connectivity index (χ1) is 16.7. The number of hydrogen-bond donors (Lipinski definition) is 1. The summed E-state index contributed by atoms with van der Waals surface area (Å²) in [7, 11) is -2.20. The van der Waals surface area contributed by atoms with Crippen LogP contribution in [0.1, 0.15) is 40.2 Å². The molecule has 2 aromatic heterocycles. The largest absolute Gasteiger partial charge is 0.478 e. The molecule has 35 heavy (non-hydrogen) atoms. The van der Waals surface area contributed by atoms with E-state index in [9.17, 15) is 18.3 Å². The molecule has 0 atom stereocenters. The number of carboxylic acids is 1. The van der Waals surface area contributed by atoms with E-state index in [1.807, 2.05) is 6.07 Å². The van der Waals surface area contributed by atoms with Crippen LogP contribution in [-0.2, 0) is 22.6 Å². The van der Waals surface area contributed by atoms with E-state index in [2.05, 4.69) is 15.1 Å². The SMILES string of the molecule is Cn1ncnc1-c1cc(CS(=O)(=O)c2cc(C(=O)O)ccc2C2CC2)c(-c2ccccn2)cc1Cl. The highest BCUT2D eigenvalue weighted by Crippen LogP contribution is 2.44. The second kappa shape index (κ2) is 8.90. The molecule has 178 valence electrons. The molecule has 1 fully saturated rings. The van der Waals surface area contributed by atoms with Crippen molar-refractivity contribution in [3.8, 4) is 22.6 Å². The zero-order chi connectivity index (χ0) is 24.7. The van der Waals surface area contributed by atoms with E-state index in [1.54, 1.807) is 48.3 Å². The molecule has 0 aliphatic heterocycles. The Balaban J connectivity index is 1.67. The molecule has 4 aromatic rings. The molecule has 10 heteroatoms. The van der Waals surface area contributed by atoms with Crippen molar-refractivity contribution in [1.82, 2.24) is 19.7 Å². The second-order valence-electron chi connectivity index (χ2n) is 8.50. The van der Waals surface area contributed by atoms with Crippen LogP contribution < -0.4 is 0 Å². The average molecular weight is 509 g/mol. The van der Waals surface area contributed by atoms with E-state index < -0.39 is 15.8 Å². The third-order valence-corrected chi connectivity index (χ3v) is 8.07. The molecule has 0 radical (unpaired) electrons. The summed E-state index contributed by atoms with van der Waals surface area (Å²) in [5.74, 6) is -0.914. The fourth-order valence-electron chi connectivity index (χ4n) is 4.16. The lowest BCUT2D eigenvalue weighted by Gasteiger charge is -2.16. The van der Waals surface area contributed by atoms with Crippen LogP contribution in [0.5, 0.6) is 0 Å². The number of pyridine rings is 1. The maximum atomic E-state index is 13.8. The second-order valence-corrected chi connectivity index (χ2v) is 10.9. The molecule has 0 bridgehead atoms. The van der Waals surface area contributed by atoms with Crippen LogP contribution in [0.4, 0.5) is 0 Å². The molecule has 0 amide bonds. The summed E-state index contributed by atoms with van der Waals surface area (Å²) in [6.45, 7) is 0. The van der Waals surface area contributed by atoms with Gasteiger partial charge in [-0.05, 0) is 66.3 Å². The predicted octanol–water partition coefficient (Wildman–Crippen LogP) is 4.75. The maximum Gasteiger partial charge on any atom is 0.335 e. The number of benzene rings is 2. The maximum absolute atomic E-state index is 13.8. The number of halogens is 1. The van der Waals surface area contributed by atoms with E-state index in [0.29, 0.717) is 38.8 Å². The van der Waals surface area contributed by atoms with Gasteiger partial charge in [0, 0.05) is 24.4 Å². The van der Waals surface area contributed by atoms with Crippen molar-refractivity contribution < 1.29 is 18.3 Å². The van der Waals surface area contributed by atoms with E-state index in [4.69, 9.17) is 11.6 Å². The fourth-order valence-corrected chi connectivity index (χ4v) is 6.11. The minimum atomic E-state index is -3.92. The average Bonchev–Trinajstić information content (AvgIpc) is 3.60. The van der Waals surface area contributed by atoms with Crippen LogP contribution in [0, 0.1) is 0 Å². The number of rotatable bonds is 7. The summed E-state index contributed by atoms with van der Waals surface area (Å²) >= 11 is 6.61. The van der Waals surface area contributed by atoms with Gasteiger partial charge in [0.1, 0.15) is 6.33 Å². The van der Waals surface area contributed by atoms with Gasteiger partial charge in [-0.15, -0.1) is 0 Å². The van der Waals surface area contributed by atoms with Crippen LogP contribution in [0.25, 0.3) is 22.6 Å². The van der Waals surface area contributed by atoms with Gasteiger partial charge in [0.15, 0.2) is 15.7 Å². The Hall–Kier alpha value is -3.56. The van der Waals surface area contributed by atoms with Gasteiger partial charge in [-0.2, -0.15) is 5.10 Å². The van der Waals surface area contributed by atoms with E-state index in [-0.39, 0.29) is 22.1 Å². The van der Waals surface area contributed by atoms with Crippen molar-refractivity contribution in [2.45, 2.75) is 29.4 Å². The summed E-state index contributed by atoms with van der Waals surface area (Å²) in [4.78, 5) is 20.3. The molecule has 2 aromatic carbocycles. The molecule has 1 saturated carbocycles. The molecular formula is C25H21ClN4O4S. The first-order valence-electron chi connectivity index (χ1n) is 10.9. The van der Waals surface area contributed by atoms with Crippen molar-refractivity contribution in [1.29, 1.82) is 0 Å². The first-order valence-corrected chi connectivity index (χ1v) is 13.0. The summed E-state index contributed by atoms with van der Waals surface area (Å²) in [6.07, 6.45) is 4.78. The Bertz CT molecular complexity index is 1550. The van der Waals surface area contributed by atoms with Gasteiger partial charge in [0.05, 0.1) is 26.9 Å². The molecule has 1 aliphatic rings. The zero-order valence-corrected chi connectivity index (χ0v) is 20.3. The van der Waals surface area contributed by atoms with Crippen LogP contribution >= 0.6 is 11.6 Å². The summed E-state index contributed by atoms with van der Waals surface area (Å²) in [5, 5.41) is 13.9. The number of aromatic nitrogens is 4. The lowest BCUT2D eigenvalue weighted by molar-refractivity contribution is 0.0696. The smallest absolute Gasteiger partial charge is 0.335 e. The lowest BCUT2D eigenvalue weighted by Crippen LogP contribution is -2.11. The highest BCUT2D eigenvalue weighted by molar-refractivity contribution is 7.90. The summed E-state index contributed by atoms with van der Waals surface area (Å²) < 4.78 is 29.1. The molecule has 0 unspecified atom stereocenters. The van der Waals surface area contributed by atoms with Crippen LogP contribution in [0.3, 0.4) is 0 Å². The Labute approximate surface area is 207 Å². The molecule has 5 rings (SSSR count). The van der Waals surface area contributed by atoms with Gasteiger partial charge < -0.3 is 5.11 Å². The first kappa shape index (κ1) is 23.2. The van der Waals surface area contributed by atoms with E-state index >= 15 is 0 Å². The number of hydrogen-bond acceptors (Lipinski definition) is 6. The minimum absolute atomic E-state index is 0.0574. The van der Waals surface area contributed by atoms with Gasteiger partial charge in [-0.1, -0.05) is 23.7 Å². The van der Waals surface area contributed by atoms with Crippen molar-refractivity contribution in [3.05, 3.63) is 82.8 Å². The van der Waals surface area contributed by atoms with Crippen LogP contribution in [0.15, 0.2) is 66.0 Å². The van der Waals surface area contributed by atoms with Gasteiger partial charge in [-0.3, -0.25) is 4.98 Å². The van der Waals surface area contributed by atoms with Crippen molar-refractivity contribution in [2.24, 2.45) is 7.05 Å². The molecule has 0 spiro atoms. The third kappa shape index (κ3) is 4.56. The number of carbonyl (C=O) groups is 1. The van der Waals surface area contributed by atoms with Gasteiger partial charge >= 0.3 is 5.97 Å². The van der Waals surface area contributed by atoms with Crippen molar-refractivity contribution >= 4 is 27.4 Å². The normalized spacial score (nSPS) is 13.7. The zero-order valence-electron chi connectivity index (χ0n) is 18.7. The standard InChI is InChI=1S/C25H21ClN4O4S/c1-30-24(28-14-29-30)20-10-17(19(12-21(20)26)22-4-2-3-9-27-22)13-35(33,34)23-11-16(25(31)32)7-8-18(23)15-5-6-15/h2-4,7-12,14-15H,5-6,13H2,1H3,(H,31,32). The lowest BCUT2D eigenvalue weighted by atomic mass is 10.0. The fraction of sp³-hybridized carbons (Fsp3) is 0.200. The van der Waals surface area contributed by atoms with E-state index in [1.165, 1.54) is 18.5 Å². The van der Waals surface area contributed by atoms with Crippen LogP contribution in [0.2, 0.25) is 5.02 Å². The number of nitrogens with zero attached hydrogens (tertiary/aromatic N) is 4. The Morgan fingerprint density at radius 1 is 1.11 bits per heavy atom. The van der Waals surface area contributed by atoms with Gasteiger partial charge in [0.2, 0.25) is 0 Å². The summed E-state index contributed by atoms with van der Waals surface area (Å²) in [5.41, 5.74) is 2.77. The monoisotopic (exact) mass is 508 g/mol. The molecule has 0 saturated heterocycles. The number of aryl methyl sites for hydroxylation is 1. The highest BCUT2D eigenvalue weighted by atomic mass is 35.5.